The molecule has 2 aliphatic heterocycles. The number of nitrogens with one attached hydrogen (secondary N) is 2. The number of para-hydroxylation sites is 1. The van der Waals surface area contributed by atoms with Gasteiger partial charge in [-0.2, -0.15) is 0 Å². The Bertz CT molecular complexity index is 1420. The molecule has 0 radical (unpaired) electrons. The van der Waals surface area contributed by atoms with E-state index in [0.29, 0.717) is 25.9 Å². The number of benzene rings is 2. The smallest absolute Gasteiger partial charge is 0.254 e. The number of methoxy groups -OCH3 is 1. The highest BCUT2D eigenvalue weighted by Gasteiger charge is 2.53. The number of piperazine rings is 1. The SMILES string of the molecule is COc1ccc2[nH]c3c(c2c1)CCN1C(=O)CN(CCc2c[nH]c4ccccc24)C(=O)C31C. The lowest BCUT2D eigenvalue weighted by molar-refractivity contribution is -0.165. The molecule has 2 N–H and O–H groups in total. The second kappa shape index (κ2) is 7.13. The lowest BCUT2D eigenvalue weighted by atomic mass is 9.83. The molecule has 0 saturated carbocycles. The Morgan fingerprint density at radius 3 is 2.79 bits per heavy atom. The van der Waals surface area contributed by atoms with Crippen molar-refractivity contribution in [1.82, 2.24) is 19.8 Å². The number of rotatable bonds is 4. The van der Waals surface area contributed by atoms with Crippen LogP contribution in [0.3, 0.4) is 0 Å². The van der Waals surface area contributed by atoms with Gasteiger partial charge < -0.3 is 24.5 Å². The molecule has 7 heteroatoms. The summed E-state index contributed by atoms with van der Waals surface area (Å²) in [5, 5.41) is 2.21. The zero-order valence-electron chi connectivity index (χ0n) is 18.8. The van der Waals surface area contributed by atoms with E-state index in [1.54, 1.807) is 16.9 Å². The Labute approximate surface area is 191 Å². The highest BCUT2D eigenvalue weighted by atomic mass is 16.5. The van der Waals surface area contributed by atoms with Crippen LogP contribution >= 0.6 is 0 Å². The first-order valence-electron chi connectivity index (χ1n) is 11.3. The fraction of sp³-hybridized carbons (Fsp3) is 0.308. The summed E-state index contributed by atoms with van der Waals surface area (Å²) in [6.45, 7) is 3.05. The highest BCUT2D eigenvalue weighted by molar-refractivity contribution is 6.01. The summed E-state index contributed by atoms with van der Waals surface area (Å²) in [7, 11) is 1.65. The fourth-order valence-electron chi connectivity index (χ4n) is 5.61. The van der Waals surface area contributed by atoms with E-state index < -0.39 is 5.54 Å². The Morgan fingerprint density at radius 2 is 1.94 bits per heavy atom. The van der Waals surface area contributed by atoms with Crippen molar-refractivity contribution in [3.05, 3.63) is 65.5 Å². The molecule has 168 valence electrons. The minimum Gasteiger partial charge on any atom is -0.497 e. The third-order valence-electron chi connectivity index (χ3n) is 7.38. The Morgan fingerprint density at radius 1 is 1.09 bits per heavy atom. The molecule has 4 aromatic rings. The van der Waals surface area contributed by atoms with Gasteiger partial charge in [0.05, 0.1) is 19.3 Å². The van der Waals surface area contributed by atoms with Crippen LogP contribution in [0.25, 0.3) is 21.8 Å². The van der Waals surface area contributed by atoms with Gasteiger partial charge in [0, 0.05) is 41.1 Å². The quantitative estimate of drug-likeness (QED) is 0.509. The van der Waals surface area contributed by atoms with Crippen LogP contribution in [0.5, 0.6) is 5.75 Å². The van der Waals surface area contributed by atoms with Gasteiger partial charge in [-0.1, -0.05) is 18.2 Å². The summed E-state index contributed by atoms with van der Waals surface area (Å²) in [5.74, 6) is 0.752. The molecule has 33 heavy (non-hydrogen) atoms. The van der Waals surface area contributed by atoms with Gasteiger partial charge >= 0.3 is 0 Å². The van der Waals surface area contributed by atoms with Crippen LogP contribution in [0.4, 0.5) is 0 Å². The Kier molecular flexibility index (Phi) is 4.30. The van der Waals surface area contributed by atoms with Crippen molar-refractivity contribution in [1.29, 1.82) is 0 Å². The van der Waals surface area contributed by atoms with Crippen molar-refractivity contribution < 1.29 is 14.3 Å². The number of fused-ring (bicyclic) bond motifs is 6. The van der Waals surface area contributed by atoms with Crippen molar-refractivity contribution in [2.75, 3.05) is 26.7 Å². The molecule has 6 rings (SSSR count). The van der Waals surface area contributed by atoms with Crippen LogP contribution in [-0.2, 0) is 28.0 Å². The maximum Gasteiger partial charge on any atom is 0.254 e. The average molecular weight is 443 g/mol. The second-order valence-electron chi connectivity index (χ2n) is 9.09. The van der Waals surface area contributed by atoms with Gasteiger partial charge in [-0.05, 0) is 55.2 Å². The first kappa shape index (κ1) is 19.9. The summed E-state index contributed by atoms with van der Waals surface area (Å²) in [6.07, 6.45) is 3.40. The molecule has 7 nitrogen and oxygen atoms in total. The van der Waals surface area contributed by atoms with Crippen molar-refractivity contribution in [3.63, 3.8) is 0 Å². The second-order valence-corrected chi connectivity index (χ2v) is 9.09. The maximum atomic E-state index is 13.9. The molecule has 2 aromatic carbocycles. The number of carbonyl (C=O) groups excluding carboxylic acids is 2. The standard InChI is InChI=1S/C26H26N4O3/c1-26-24-19(20-13-17(33-2)7-8-22(20)28-24)10-12-30(26)23(31)15-29(25(26)32)11-9-16-14-27-21-6-4-3-5-18(16)21/h3-8,13-14,27-28H,9-12,15H2,1-2H3. The first-order valence-corrected chi connectivity index (χ1v) is 11.3. The van der Waals surface area contributed by atoms with Crippen LogP contribution in [0.15, 0.2) is 48.7 Å². The number of amides is 2. The van der Waals surface area contributed by atoms with Crippen molar-refractivity contribution in [2.24, 2.45) is 0 Å². The van der Waals surface area contributed by atoms with E-state index in [1.807, 2.05) is 49.5 Å². The molecule has 0 spiro atoms. The Balaban J connectivity index is 1.35. The topological polar surface area (TPSA) is 81.4 Å². The van der Waals surface area contributed by atoms with Crippen LogP contribution in [0.1, 0.15) is 23.7 Å². The van der Waals surface area contributed by atoms with Gasteiger partial charge in [0.15, 0.2) is 5.54 Å². The number of nitrogens with zero attached hydrogens (tertiary/aromatic N) is 2. The predicted molar refractivity (Wildman–Crippen MR) is 126 cm³/mol. The molecular weight excluding hydrogens is 416 g/mol. The van der Waals surface area contributed by atoms with Crippen LogP contribution < -0.4 is 4.74 Å². The van der Waals surface area contributed by atoms with Crippen LogP contribution in [0.2, 0.25) is 0 Å². The average Bonchev–Trinajstić information content (AvgIpc) is 3.42. The molecule has 1 atom stereocenters. The molecule has 4 heterocycles. The largest absolute Gasteiger partial charge is 0.497 e. The molecule has 1 saturated heterocycles. The molecule has 0 bridgehead atoms. The van der Waals surface area contributed by atoms with E-state index in [9.17, 15) is 9.59 Å². The third kappa shape index (κ3) is 2.81. The number of aromatic amines is 2. The number of aromatic nitrogens is 2. The van der Waals surface area contributed by atoms with Gasteiger partial charge in [-0.3, -0.25) is 9.59 Å². The van der Waals surface area contributed by atoms with Gasteiger partial charge in [-0.25, -0.2) is 0 Å². The fourth-order valence-corrected chi connectivity index (χ4v) is 5.61. The minimum atomic E-state index is -1.03. The van der Waals surface area contributed by atoms with Gasteiger partial charge in [0.25, 0.3) is 5.91 Å². The number of ether oxygens (including phenoxy) is 1. The van der Waals surface area contributed by atoms with Gasteiger partial charge in [-0.15, -0.1) is 0 Å². The molecule has 1 fully saturated rings. The predicted octanol–water partition coefficient (Wildman–Crippen LogP) is 3.34. The summed E-state index contributed by atoms with van der Waals surface area (Å²) in [4.78, 5) is 37.3. The molecule has 1 unspecified atom stereocenters. The Hall–Kier alpha value is -3.74. The van der Waals surface area contributed by atoms with Crippen molar-refractivity contribution in [3.8, 4) is 5.75 Å². The molecular formula is C26H26N4O3. The summed E-state index contributed by atoms with van der Waals surface area (Å²) >= 11 is 0. The van der Waals surface area contributed by atoms with E-state index in [0.717, 1.165) is 44.4 Å². The number of hydrogen-bond acceptors (Lipinski definition) is 3. The summed E-state index contributed by atoms with van der Waals surface area (Å²) < 4.78 is 5.41. The summed E-state index contributed by atoms with van der Waals surface area (Å²) in [5.41, 5.74) is 4.09. The molecule has 0 aliphatic carbocycles. The van der Waals surface area contributed by atoms with E-state index >= 15 is 0 Å². The first-order chi connectivity index (χ1) is 16.0. The van der Waals surface area contributed by atoms with Gasteiger partial charge in [0.2, 0.25) is 5.91 Å². The zero-order chi connectivity index (χ0) is 22.7. The number of hydrogen-bond donors (Lipinski definition) is 2. The molecule has 2 aliphatic rings. The number of H-pyrrole nitrogens is 2. The lowest BCUT2D eigenvalue weighted by Crippen LogP contribution is -2.67. The van der Waals surface area contributed by atoms with Gasteiger partial charge in [0.1, 0.15) is 5.75 Å². The maximum absolute atomic E-state index is 13.9. The van der Waals surface area contributed by atoms with E-state index in [2.05, 4.69) is 16.0 Å². The van der Waals surface area contributed by atoms with Crippen LogP contribution in [0, 0.1) is 0 Å². The minimum absolute atomic E-state index is 0.00193. The van der Waals surface area contributed by atoms with Crippen molar-refractivity contribution in [2.45, 2.75) is 25.3 Å². The zero-order valence-corrected chi connectivity index (χ0v) is 18.8. The van der Waals surface area contributed by atoms with E-state index in [4.69, 9.17) is 4.74 Å². The normalized spacial score (nSPS) is 20.4. The number of carbonyl (C=O) groups is 2. The summed E-state index contributed by atoms with van der Waals surface area (Å²) in [6, 6.07) is 14.0. The highest BCUT2D eigenvalue weighted by Crippen LogP contribution is 2.42. The van der Waals surface area contributed by atoms with Crippen LogP contribution in [-0.4, -0.2) is 58.3 Å². The molecule has 2 amide bonds. The van der Waals surface area contributed by atoms with E-state index in [-0.39, 0.29) is 18.4 Å². The monoisotopic (exact) mass is 442 g/mol. The van der Waals surface area contributed by atoms with Crippen molar-refractivity contribution >= 4 is 33.6 Å². The molecule has 2 aromatic heterocycles. The third-order valence-corrected chi connectivity index (χ3v) is 7.38. The van der Waals surface area contributed by atoms with E-state index in [1.165, 1.54) is 0 Å². The lowest BCUT2D eigenvalue weighted by Gasteiger charge is -2.49.